The molecule has 104 valence electrons. The number of rotatable bonds is 4. The number of carbonyl (C=O) groups is 1. The van der Waals surface area contributed by atoms with E-state index < -0.39 is 0 Å². The fraction of sp³-hybridized carbons (Fsp3) is 0.267. The number of nitrogens with one attached hydrogen (secondary N) is 1. The first-order chi connectivity index (χ1) is 9.66. The van der Waals surface area contributed by atoms with Gasteiger partial charge in [0.2, 0.25) is 0 Å². The van der Waals surface area contributed by atoms with E-state index in [2.05, 4.69) is 5.32 Å². The number of amides is 1. The van der Waals surface area contributed by atoms with Crippen molar-refractivity contribution in [1.29, 1.82) is 0 Å². The Morgan fingerprint density at radius 2 is 2.15 bits per heavy atom. The summed E-state index contributed by atoms with van der Waals surface area (Å²) in [4.78, 5) is 12.3. The summed E-state index contributed by atoms with van der Waals surface area (Å²) in [5.74, 6) is 0.589. The van der Waals surface area contributed by atoms with E-state index in [1.807, 2.05) is 30.5 Å². The molecule has 0 atom stereocenters. The Bertz CT molecular complexity index is 720. The zero-order valence-electron chi connectivity index (χ0n) is 11.4. The van der Waals surface area contributed by atoms with E-state index in [9.17, 15) is 4.79 Å². The summed E-state index contributed by atoms with van der Waals surface area (Å²) in [7, 11) is 0. The first kappa shape index (κ1) is 12.6. The van der Waals surface area contributed by atoms with Gasteiger partial charge in [-0.2, -0.15) is 0 Å². The highest BCUT2D eigenvalue weighted by Gasteiger charge is 2.19. The van der Waals surface area contributed by atoms with Crippen molar-refractivity contribution in [2.75, 3.05) is 0 Å². The van der Waals surface area contributed by atoms with Gasteiger partial charge in [0.15, 0.2) is 5.58 Å². The van der Waals surface area contributed by atoms with Crippen LogP contribution >= 0.6 is 0 Å². The normalized spacial score (nSPS) is 11.3. The molecule has 0 radical (unpaired) electrons. The fourth-order valence-electron chi connectivity index (χ4n) is 2.35. The number of fused-ring (bicyclic) bond motifs is 1. The summed E-state index contributed by atoms with van der Waals surface area (Å²) in [5, 5.41) is 2.85. The lowest BCUT2D eigenvalue weighted by Gasteiger charge is -2.13. The topological polar surface area (TPSA) is 60.3 Å². The third-order valence-electron chi connectivity index (χ3n) is 3.21. The highest BCUT2D eigenvalue weighted by Crippen LogP contribution is 2.25. The highest BCUT2D eigenvalue weighted by molar-refractivity contribution is 5.97. The summed E-state index contributed by atoms with van der Waals surface area (Å²) in [5.41, 5.74) is 2.26. The van der Waals surface area contributed by atoms with E-state index in [4.69, 9.17) is 8.83 Å². The van der Waals surface area contributed by atoms with Crippen molar-refractivity contribution >= 4 is 17.0 Å². The van der Waals surface area contributed by atoms with Crippen molar-refractivity contribution < 1.29 is 13.6 Å². The van der Waals surface area contributed by atoms with E-state index >= 15 is 0 Å². The third-order valence-corrected chi connectivity index (χ3v) is 3.21. The molecule has 3 heterocycles. The number of carbonyl (C=O) groups excluding carboxylic acids is 1. The first-order valence-electron chi connectivity index (χ1n) is 6.56. The van der Waals surface area contributed by atoms with Crippen molar-refractivity contribution in [3.63, 3.8) is 0 Å². The number of aromatic nitrogens is 1. The van der Waals surface area contributed by atoms with Crippen molar-refractivity contribution in [3.05, 3.63) is 48.2 Å². The van der Waals surface area contributed by atoms with Gasteiger partial charge < -0.3 is 18.7 Å². The molecule has 0 saturated carbocycles. The van der Waals surface area contributed by atoms with Crippen molar-refractivity contribution in [3.8, 4) is 0 Å². The van der Waals surface area contributed by atoms with Crippen LogP contribution in [0, 0.1) is 0 Å². The van der Waals surface area contributed by atoms with Gasteiger partial charge >= 0.3 is 0 Å². The standard InChI is InChI=1S/C15H16N2O3/c1-10(2)17-12-5-7-20-14(12)8-13(17)15(18)16-9-11-4-3-6-19-11/h3-8,10H,9H2,1-2H3,(H,16,18). The molecule has 0 aromatic carbocycles. The van der Waals surface area contributed by atoms with Gasteiger partial charge in [0.25, 0.3) is 5.91 Å². The van der Waals surface area contributed by atoms with Crippen LogP contribution in [-0.4, -0.2) is 10.5 Å². The molecule has 0 aliphatic rings. The lowest BCUT2D eigenvalue weighted by atomic mass is 10.3. The summed E-state index contributed by atoms with van der Waals surface area (Å²) in [6.07, 6.45) is 3.22. The maximum Gasteiger partial charge on any atom is 0.268 e. The molecule has 0 saturated heterocycles. The Morgan fingerprint density at radius 1 is 1.30 bits per heavy atom. The largest absolute Gasteiger partial charge is 0.467 e. The molecule has 3 aromatic heterocycles. The van der Waals surface area contributed by atoms with Crippen LogP contribution in [0.4, 0.5) is 0 Å². The molecule has 5 nitrogen and oxygen atoms in total. The minimum atomic E-state index is -0.137. The molecule has 20 heavy (non-hydrogen) atoms. The maximum atomic E-state index is 12.3. The van der Waals surface area contributed by atoms with E-state index in [0.717, 1.165) is 16.9 Å². The number of furan rings is 2. The Balaban J connectivity index is 1.87. The highest BCUT2D eigenvalue weighted by atomic mass is 16.3. The molecule has 5 heteroatoms. The number of hydrogen-bond acceptors (Lipinski definition) is 3. The molecular formula is C15H16N2O3. The molecule has 0 unspecified atom stereocenters. The lowest BCUT2D eigenvalue weighted by Crippen LogP contribution is -2.25. The fourth-order valence-corrected chi connectivity index (χ4v) is 2.35. The predicted octanol–water partition coefficient (Wildman–Crippen LogP) is 3.34. The Morgan fingerprint density at radius 3 is 2.85 bits per heavy atom. The Kier molecular flexibility index (Phi) is 3.10. The summed E-state index contributed by atoms with van der Waals surface area (Å²) in [6.45, 7) is 4.45. The van der Waals surface area contributed by atoms with Crippen molar-refractivity contribution in [2.24, 2.45) is 0 Å². The molecule has 3 aromatic rings. The zero-order chi connectivity index (χ0) is 14.1. The van der Waals surface area contributed by atoms with Crippen molar-refractivity contribution in [1.82, 2.24) is 9.88 Å². The van der Waals surface area contributed by atoms with Crippen LogP contribution in [0.5, 0.6) is 0 Å². The van der Waals surface area contributed by atoms with Crippen LogP contribution < -0.4 is 5.32 Å². The Hall–Kier alpha value is -2.43. The second-order valence-corrected chi connectivity index (χ2v) is 4.93. The lowest BCUT2D eigenvalue weighted by molar-refractivity contribution is 0.0937. The van der Waals surface area contributed by atoms with Gasteiger partial charge in [0.1, 0.15) is 11.5 Å². The molecule has 0 aliphatic carbocycles. The molecular weight excluding hydrogens is 256 g/mol. The molecule has 0 fully saturated rings. The zero-order valence-corrected chi connectivity index (χ0v) is 11.4. The quantitative estimate of drug-likeness (QED) is 0.792. The van der Waals surface area contributed by atoms with Gasteiger partial charge in [0, 0.05) is 18.2 Å². The first-order valence-corrected chi connectivity index (χ1v) is 6.56. The van der Waals surface area contributed by atoms with Crippen molar-refractivity contribution in [2.45, 2.75) is 26.4 Å². The monoisotopic (exact) mass is 272 g/mol. The van der Waals surface area contributed by atoms with Crippen LogP contribution in [0.15, 0.2) is 45.6 Å². The molecule has 1 N–H and O–H groups in total. The second kappa shape index (κ2) is 4.92. The summed E-state index contributed by atoms with van der Waals surface area (Å²) < 4.78 is 12.5. The van der Waals surface area contributed by atoms with Gasteiger partial charge in [-0.3, -0.25) is 4.79 Å². The van der Waals surface area contributed by atoms with E-state index in [-0.39, 0.29) is 11.9 Å². The molecule has 3 rings (SSSR count). The smallest absolute Gasteiger partial charge is 0.268 e. The molecule has 0 aliphatic heterocycles. The minimum absolute atomic E-state index is 0.137. The van der Waals surface area contributed by atoms with Gasteiger partial charge in [-0.1, -0.05) is 0 Å². The molecule has 1 amide bonds. The SMILES string of the molecule is CC(C)n1c(C(=O)NCc2ccco2)cc2occc21. The average Bonchev–Trinajstić information content (AvgIpc) is 3.10. The molecule has 0 spiro atoms. The summed E-state index contributed by atoms with van der Waals surface area (Å²) >= 11 is 0. The third kappa shape index (κ3) is 2.11. The maximum absolute atomic E-state index is 12.3. The van der Waals surface area contributed by atoms with Crippen LogP contribution in [0.2, 0.25) is 0 Å². The number of hydrogen-bond donors (Lipinski definition) is 1. The van der Waals surface area contributed by atoms with Gasteiger partial charge in [0.05, 0.1) is 24.6 Å². The van der Waals surface area contributed by atoms with Crippen LogP contribution in [0.1, 0.15) is 36.1 Å². The van der Waals surface area contributed by atoms with Crippen LogP contribution in [0.25, 0.3) is 11.1 Å². The second-order valence-electron chi connectivity index (χ2n) is 4.93. The Labute approximate surface area is 116 Å². The van der Waals surface area contributed by atoms with Gasteiger partial charge in [-0.15, -0.1) is 0 Å². The molecule has 0 bridgehead atoms. The average molecular weight is 272 g/mol. The number of nitrogens with zero attached hydrogens (tertiary/aromatic N) is 1. The van der Waals surface area contributed by atoms with E-state index in [1.54, 1.807) is 24.7 Å². The van der Waals surface area contributed by atoms with Gasteiger partial charge in [-0.25, -0.2) is 0 Å². The van der Waals surface area contributed by atoms with Crippen LogP contribution in [-0.2, 0) is 6.54 Å². The van der Waals surface area contributed by atoms with Crippen LogP contribution in [0.3, 0.4) is 0 Å². The summed E-state index contributed by atoms with van der Waals surface area (Å²) in [6, 6.07) is 7.44. The van der Waals surface area contributed by atoms with E-state index in [0.29, 0.717) is 12.2 Å². The van der Waals surface area contributed by atoms with Gasteiger partial charge in [-0.05, 0) is 26.0 Å². The van der Waals surface area contributed by atoms with E-state index in [1.165, 1.54) is 0 Å². The predicted molar refractivity (Wildman–Crippen MR) is 74.5 cm³/mol. The minimum Gasteiger partial charge on any atom is -0.467 e.